The molecule has 0 saturated carbocycles. The molecule has 0 bridgehead atoms. The average Bonchev–Trinajstić information content (AvgIpc) is 3.55. The molecule has 41 heavy (non-hydrogen) atoms. The maximum Gasteiger partial charge on any atom is 0.183 e. The van der Waals surface area contributed by atoms with Gasteiger partial charge in [-0.05, 0) is 37.1 Å². The first kappa shape index (κ1) is 28.8. The van der Waals surface area contributed by atoms with Crippen molar-refractivity contribution in [3.05, 3.63) is 70.9 Å². The SMILES string of the molecule is CCCCCCCCn1c(-c2cc(=O)cc(-c3nc4ccccc4n3CCCCCCCC)[nH]2)nc2ccccc21. The number of unbranched alkanes of at least 4 members (excludes halogenated alkanes) is 10. The number of fused-ring (bicyclic) bond motifs is 2. The second-order valence-electron chi connectivity index (χ2n) is 11.3. The molecule has 0 atom stereocenters. The van der Waals surface area contributed by atoms with Crippen molar-refractivity contribution in [3.8, 4) is 23.0 Å². The summed E-state index contributed by atoms with van der Waals surface area (Å²) in [6.45, 7) is 6.26. The van der Waals surface area contributed by atoms with Crippen LogP contribution < -0.4 is 5.43 Å². The Balaban J connectivity index is 1.47. The predicted molar refractivity (Wildman–Crippen MR) is 171 cm³/mol. The highest BCUT2D eigenvalue weighted by atomic mass is 16.1. The normalized spacial score (nSPS) is 11.7. The molecule has 0 saturated heterocycles. The van der Waals surface area contributed by atoms with Crippen LogP contribution in [0, 0.1) is 0 Å². The largest absolute Gasteiger partial charge is 0.349 e. The van der Waals surface area contributed by atoms with Gasteiger partial charge in [0.1, 0.15) is 0 Å². The third kappa shape index (κ3) is 6.98. The molecule has 0 aliphatic carbocycles. The van der Waals surface area contributed by atoms with E-state index in [1.54, 1.807) is 12.1 Å². The summed E-state index contributed by atoms with van der Waals surface area (Å²) < 4.78 is 4.56. The second kappa shape index (κ2) is 14.3. The minimum atomic E-state index is -0.0370. The summed E-state index contributed by atoms with van der Waals surface area (Å²) in [6.07, 6.45) is 14.8. The molecule has 3 aromatic heterocycles. The van der Waals surface area contributed by atoms with E-state index >= 15 is 0 Å². The molecule has 1 N–H and O–H groups in total. The van der Waals surface area contributed by atoms with Crippen molar-refractivity contribution in [2.24, 2.45) is 0 Å². The van der Waals surface area contributed by atoms with Gasteiger partial charge in [-0.3, -0.25) is 4.79 Å². The highest BCUT2D eigenvalue weighted by molar-refractivity contribution is 5.82. The number of para-hydroxylation sites is 4. The summed E-state index contributed by atoms with van der Waals surface area (Å²) in [5.41, 5.74) is 5.58. The Labute approximate surface area is 243 Å². The lowest BCUT2D eigenvalue weighted by Gasteiger charge is -2.12. The summed E-state index contributed by atoms with van der Waals surface area (Å²) in [5, 5.41) is 0. The minimum absolute atomic E-state index is 0.0370. The number of hydrogen-bond donors (Lipinski definition) is 1. The quantitative estimate of drug-likeness (QED) is 0.124. The maximum absolute atomic E-state index is 13.1. The zero-order chi connectivity index (χ0) is 28.4. The number of aromatic nitrogens is 5. The van der Waals surface area contributed by atoms with Crippen molar-refractivity contribution < 1.29 is 0 Å². The van der Waals surface area contributed by atoms with Gasteiger partial charge in [0.05, 0.1) is 33.5 Å². The first-order valence-electron chi connectivity index (χ1n) is 15.8. The van der Waals surface area contributed by atoms with Crippen LogP contribution in [0.3, 0.4) is 0 Å². The van der Waals surface area contributed by atoms with Crippen LogP contribution >= 0.6 is 0 Å². The third-order valence-electron chi connectivity index (χ3n) is 8.10. The van der Waals surface area contributed by atoms with Gasteiger partial charge in [-0.1, -0.05) is 102 Å². The Morgan fingerprint density at radius 1 is 0.585 bits per heavy atom. The van der Waals surface area contributed by atoms with Gasteiger partial charge in [0.2, 0.25) is 0 Å². The molecule has 0 fully saturated rings. The van der Waals surface area contributed by atoms with Gasteiger partial charge in [-0.15, -0.1) is 0 Å². The molecule has 0 aliphatic heterocycles. The summed E-state index contributed by atoms with van der Waals surface area (Å²) in [6, 6.07) is 19.9. The lowest BCUT2D eigenvalue weighted by molar-refractivity contribution is 0.565. The number of rotatable bonds is 16. The third-order valence-corrected chi connectivity index (χ3v) is 8.10. The number of nitrogens with one attached hydrogen (secondary N) is 1. The molecule has 3 heterocycles. The number of H-pyrrole nitrogens is 1. The molecule has 216 valence electrons. The maximum atomic E-state index is 13.1. The lowest BCUT2D eigenvalue weighted by atomic mass is 10.1. The van der Waals surface area contributed by atoms with Gasteiger partial charge >= 0.3 is 0 Å². The van der Waals surface area contributed by atoms with E-state index in [9.17, 15) is 4.79 Å². The molecule has 0 amide bonds. The van der Waals surface area contributed by atoms with Crippen molar-refractivity contribution in [2.45, 2.75) is 104 Å². The standard InChI is InChI=1S/C35H45N5O/c1-3-5-7-9-11-17-23-39-32-21-15-13-19-28(32)37-34(39)30-25-27(41)26-31(36-30)35-38-29-20-14-16-22-33(29)40(35)24-18-12-10-8-6-4-2/h13-16,19-22,25-26H,3-12,17-18,23-24H2,1-2H3,(H,36,41). The fourth-order valence-corrected chi connectivity index (χ4v) is 5.90. The molecular weight excluding hydrogens is 506 g/mol. The van der Waals surface area contributed by atoms with Crippen molar-refractivity contribution >= 4 is 22.1 Å². The summed E-state index contributed by atoms with van der Waals surface area (Å²) in [4.78, 5) is 26.7. The number of benzene rings is 2. The first-order valence-corrected chi connectivity index (χ1v) is 15.8. The summed E-state index contributed by atoms with van der Waals surface area (Å²) in [5.74, 6) is 1.63. The van der Waals surface area contributed by atoms with E-state index in [4.69, 9.17) is 9.97 Å². The van der Waals surface area contributed by atoms with Gasteiger partial charge in [0.25, 0.3) is 0 Å². The van der Waals surface area contributed by atoms with E-state index < -0.39 is 0 Å². The van der Waals surface area contributed by atoms with Crippen LogP contribution in [0.1, 0.15) is 90.9 Å². The number of imidazole rings is 2. The molecular formula is C35H45N5O. The van der Waals surface area contributed by atoms with E-state index in [0.29, 0.717) is 0 Å². The number of aryl methyl sites for hydroxylation is 2. The van der Waals surface area contributed by atoms with Crippen molar-refractivity contribution in [1.29, 1.82) is 0 Å². The van der Waals surface area contributed by atoms with Gasteiger partial charge < -0.3 is 14.1 Å². The topological polar surface area (TPSA) is 68.5 Å². The monoisotopic (exact) mass is 551 g/mol. The summed E-state index contributed by atoms with van der Waals surface area (Å²) in [7, 11) is 0. The molecule has 6 heteroatoms. The number of hydrogen-bond acceptors (Lipinski definition) is 3. The average molecular weight is 552 g/mol. The Bertz CT molecular complexity index is 1490. The fourth-order valence-electron chi connectivity index (χ4n) is 5.90. The number of nitrogens with zero attached hydrogens (tertiary/aromatic N) is 4. The van der Waals surface area contributed by atoms with E-state index in [1.165, 1.54) is 64.2 Å². The fraction of sp³-hybridized carbons (Fsp3) is 0.457. The van der Waals surface area contributed by atoms with Crippen LogP contribution in [0.4, 0.5) is 0 Å². The van der Waals surface area contributed by atoms with E-state index in [-0.39, 0.29) is 5.43 Å². The van der Waals surface area contributed by atoms with Crippen LogP contribution in [0.25, 0.3) is 45.1 Å². The van der Waals surface area contributed by atoms with Gasteiger partial charge in [0, 0.05) is 25.2 Å². The molecule has 5 rings (SSSR count). The Morgan fingerprint density at radius 2 is 1.00 bits per heavy atom. The zero-order valence-corrected chi connectivity index (χ0v) is 24.9. The number of aromatic amines is 1. The summed E-state index contributed by atoms with van der Waals surface area (Å²) >= 11 is 0. The van der Waals surface area contributed by atoms with Crippen LogP contribution in [0.2, 0.25) is 0 Å². The van der Waals surface area contributed by atoms with Crippen molar-refractivity contribution in [3.63, 3.8) is 0 Å². The van der Waals surface area contributed by atoms with E-state index in [2.05, 4.69) is 64.4 Å². The second-order valence-corrected chi connectivity index (χ2v) is 11.3. The first-order chi connectivity index (χ1) is 20.2. The van der Waals surface area contributed by atoms with Crippen LogP contribution in [0.15, 0.2) is 65.5 Å². The van der Waals surface area contributed by atoms with Gasteiger partial charge in [0.15, 0.2) is 17.1 Å². The zero-order valence-electron chi connectivity index (χ0n) is 24.9. The molecule has 2 aromatic carbocycles. The smallest absolute Gasteiger partial charge is 0.183 e. The molecule has 0 radical (unpaired) electrons. The molecule has 0 spiro atoms. The molecule has 0 aliphatic rings. The van der Waals surface area contributed by atoms with Crippen LogP contribution in [0.5, 0.6) is 0 Å². The molecule has 0 unspecified atom stereocenters. The minimum Gasteiger partial charge on any atom is -0.349 e. The molecule has 5 aromatic rings. The highest BCUT2D eigenvalue weighted by Crippen LogP contribution is 2.28. The van der Waals surface area contributed by atoms with E-state index in [0.717, 1.165) is 71.0 Å². The Hall–Kier alpha value is -3.67. The highest BCUT2D eigenvalue weighted by Gasteiger charge is 2.18. The van der Waals surface area contributed by atoms with Gasteiger partial charge in [-0.2, -0.15) is 0 Å². The van der Waals surface area contributed by atoms with Crippen LogP contribution in [-0.2, 0) is 13.1 Å². The molecule has 6 nitrogen and oxygen atoms in total. The van der Waals surface area contributed by atoms with Crippen molar-refractivity contribution in [2.75, 3.05) is 0 Å². The lowest BCUT2D eigenvalue weighted by Crippen LogP contribution is -2.09. The Kier molecular flexibility index (Phi) is 10.1. The van der Waals surface area contributed by atoms with Gasteiger partial charge in [-0.25, -0.2) is 9.97 Å². The Morgan fingerprint density at radius 3 is 1.46 bits per heavy atom. The predicted octanol–water partition coefficient (Wildman–Crippen LogP) is 9.13. The van der Waals surface area contributed by atoms with E-state index in [1.807, 2.05) is 12.1 Å². The van der Waals surface area contributed by atoms with Crippen molar-refractivity contribution in [1.82, 2.24) is 24.1 Å². The number of pyridine rings is 1. The van der Waals surface area contributed by atoms with Crippen LogP contribution in [-0.4, -0.2) is 24.1 Å².